The van der Waals surface area contributed by atoms with Gasteiger partial charge in [0.2, 0.25) is 0 Å². The molecule has 0 radical (unpaired) electrons. The zero-order chi connectivity index (χ0) is 11.8. The van der Waals surface area contributed by atoms with Gasteiger partial charge in [-0.15, -0.1) is 0 Å². The Morgan fingerprint density at radius 1 is 1.27 bits per heavy atom. The zero-order valence-corrected chi connectivity index (χ0v) is 9.91. The molecule has 0 fully saturated rings. The number of hydrogen-bond acceptors (Lipinski definition) is 4. The predicted octanol–water partition coefficient (Wildman–Crippen LogP) is 1.43. The molecule has 0 aliphatic carbocycles. The lowest BCUT2D eigenvalue weighted by Gasteiger charge is -2.19. The Kier molecular flexibility index (Phi) is 6.96. The second kappa shape index (κ2) is 7.40. The number of carbonyl (C=O) groups excluding carboxylic acids is 2. The largest absolute Gasteiger partial charge is 0.468 e. The summed E-state index contributed by atoms with van der Waals surface area (Å²) >= 11 is 0. The molecule has 0 saturated heterocycles. The maximum Gasteiger partial charge on any atom is 0.316 e. The Balaban J connectivity index is 4.56. The molecule has 15 heavy (non-hydrogen) atoms. The van der Waals surface area contributed by atoms with Gasteiger partial charge in [-0.3, -0.25) is 9.59 Å². The van der Waals surface area contributed by atoms with Crippen molar-refractivity contribution in [3.05, 3.63) is 0 Å². The van der Waals surface area contributed by atoms with Gasteiger partial charge in [0.05, 0.1) is 7.11 Å². The number of methoxy groups -OCH3 is 2. The standard InChI is InChI=1S/C11H20O4/c1-5-6-8(2)10(11(13)15-4)9(12)7-14-3/h8,10H,5-7H2,1-4H3. The average Bonchev–Trinajstić information content (AvgIpc) is 2.18. The quantitative estimate of drug-likeness (QED) is 0.477. The first-order valence-electron chi connectivity index (χ1n) is 5.17. The summed E-state index contributed by atoms with van der Waals surface area (Å²) in [5.74, 6) is -1.34. The van der Waals surface area contributed by atoms with Gasteiger partial charge >= 0.3 is 5.97 Å². The van der Waals surface area contributed by atoms with E-state index in [1.807, 2.05) is 13.8 Å². The Hall–Kier alpha value is -0.900. The summed E-state index contributed by atoms with van der Waals surface area (Å²) in [5, 5.41) is 0. The highest BCUT2D eigenvalue weighted by molar-refractivity contribution is 5.99. The molecule has 2 atom stereocenters. The minimum atomic E-state index is -0.685. The van der Waals surface area contributed by atoms with Gasteiger partial charge in [0.1, 0.15) is 12.5 Å². The summed E-state index contributed by atoms with van der Waals surface area (Å²) in [4.78, 5) is 23.1. The Morgan fingerprint density at radius 3 is 2.27 bits per heavy atom. The lowest BCUT2D eigenvalue weighted by atomic mass is 9.87. The molecule has 4 nitrogen and oxygen atoms in total. The zero-order valence-electron chi connectivity index (χ0n) is 9.91. The van der Waals surface area contributed by atoms with E-state index >= 15 is 0 Å². The summed E-state index contributed by atoms with van der Waals surface area (Å²) < 4.78 is 9.38. The molecule has 0 amide bonds. The first-order valence-corrected chi connectivity index (χ1v) is 5.17. The molecule has 0 aliphatic rings. The van der Waals surface area contributed by atoms with E-state index in [-0.39, 0.29) is 18.3 Å². The fourth-order valence-corrected chi connectivity index (χ4v) is 1.66. The molecule has 0 aromatic heterocycles. The fraction of sp³-hybridized carbons (Fsp3) is 0.818. The van der Waals surface area contributed by atoms with E-state index in [1.54, 1.807) is 0 Å². The molecule has 0 aliphatic heterocycles. The van der Waals surface area contributed by atoms with Crippen LogP contribution in [0.5, 0.6) is 0 Å². The molecule has 2 unspecified atom stereocenters. The first-order chi connectivity index (χ1) is 7.08. The van der Waals surface area contributed by atoms with Crippen LogP contribution >= 0.6 is 0 Å². The van der Waals surface area contributed by atoms with E-state index in [0.717, 1.165) is 12.8 Å². The SMILES string of the molecule is CCCC(C)C(C(=O)COC)C(=O)OC. The van der Waals surface area contributed by atoms with Crippen LogP contribution in [0.4, 0.5) is 0 Å². The molecular formula is C11H20O4. The normalized spacial score (nSPS) is 14.4. The van der Waals surface area contributed by atoms with E-state index in [2.05, 4.69) is 4.74 Å². The Bertz CT molecular complexity index is 213. The van der Waals surface area contributed by atoms with Gasteiger partial charge in [0, 0.05) is 7.11 Å². The van der Waals surface area contributed by atoms with Crippen LogP contribution in [0.3, 0.4) is 0 Å². The molecule has 88 valence electrons. The second-order valence-electron chi connectivity index (χ2n) is 3.67. The highest BCUT2D eigenvalue weighted by atomic mass is 16.5. The van der Waals surface area contributed by atoms with Crippen molar-refractivity contribution in [2.24, 2.45) is 11.8 Å². The summed E-state index contributed by atoms with van der Waals surface area (Å²) in [6, 6.07) is 0. The third-order valence-corrected chi connectivity index (χ3v) is 2.40. The minimum absolute atomic E-state index is 0.00472. The number of hydrogen-bond donors (Lipinski definition) is 0. The van der Waals surface area contributed by atoms with Crippen LogP contribution in [0.15, 0.2) is 0 Å². The molecule has 0 N–H and O–H groups in total. The number of carbonyl (C=O) groups is 2. The highest BCUT2D eigenvalue weighted by Gasteiger charge is 2.32. The van der Waals surface area contributed by atoms with Crippen LogP contribution in [0.25, 0.3) is 0 Å². The minimum Gasteiger partial charge on any atom is -0.468 e. The van der Waals surface area contributed by atoms with Crippen LogP contribution < -0.4 is 0 Å². The molecule has 4 heteroatoms. The van der Waals surface area contributed by atoms with Crippen molar-refractivity contribution in [2.75, 3.05) is 20.8 Å². The Labute approximate surface area is 90.9 Å². The van der Waals surface area contributed by atoms with Crippen molar-refractivity contribution in [1.82, 2.24) is 0 Å². The van der Waals surface area contributed by atoms with Crippen molar-refractivity contribution in [3.63, 3.8) is 0 Å². The first kappa shape index (κ1) is 14.1. The lowest BCUT2D eigenvalue weighted by molar-refractivity contribution is -0.152. The third kappa shape index (κ3) is 4.42. The second-order valence-corrected chi connectivity index (χ2v) is 3.67. The van der Waals surface area contributed by atoms with Gasteiger partial charge in [-0.25, -0.2) is 0 Å². The molecule has 0 rings (SSSR count). The Morgan fingerprint density at radius 2 is 1.87 bits per heavy atom. The smallest absolute Gasteiger partial charge is 0.316 e. The van der Waals surface area contributed by atoms with Crippen LogP contribution in [-0.4, -0.2) is 32.6 Å². The van der Waals surface area contributed by atoms with Gasteiger partial charge < -0.3 is 9.47 Å². The highest BCUT2D eigenvalue weighted by Crippen LogP contribution is 2.19. The molecule has 0 aromatic rings. The van der Waals surface area contributed by atoms with E-state index in [0.29, 0.717) is 0 Å². The van der Waals surface area contributed by atoms with E-state index in [1.165, 1.54) is 14.2 Å². The number of rotatable bonds is 7. The molecule has 0 spiro atoms. The van der Waals surface area contributed by atoms with Gasteiger partial charge in [-0.1, -0.05) is 20.3 Å². The van der Waals surface area contributed by atoms with Gasteiger partial charge in [0.25, 0.3) is 0 Å². The van der Waals surface area contributed by atoms with Crippen molar-refractivity contribution < 1.29 is 19.1 Å². The van der Waals surface area contributed by atoms with Gasteiger partial charge in [-0.05, 0) is 12.3 Å². The lowest BCUT2D eigenvalue weighted by Crippen LogP contribution is -2.33. The van der Waals surface area contributed by atoms with Crippen LogP contribution in [0.1, 0.15) is 26.7 Å². The van der Waals surface area contributed by atoms with Gasteiger partial charge in [0.15, 0.2) is 5.78 Å². The number of esters is 1. The fourth-order valence-electron chi connectivity index (χ4n) is 1.66. The number of Topliss-reactive ketones (excluding diaryl/α,β-unsaturated/α-hetero) is 1. The van der Waals surface area contributed by atoms with Crippen molar-refractivity contribution in [3.8, 4) is 0 Å². The topological polar surface area (TPSA) is 52.6 Å². The summed E-state index contributed by atoms with van der Waals surface area (Å²) in [6.07, 6.45) is 1.77. The van der Waals surface area contributed by atoms with Gasteiger partial charge in [-0.2, -0.15) is 0 Å². The van der Waals surface area contributed by atoms with Crippen molar-refractivity contribution in [2.45, 2.75) is 26.7 Å². The van der Waals surface area contributed by atoms with Crippen LogP contribution in [-0.2, 0) is 19.1 Å². The monoisotopic (exact) mass is 216 g/mol. The number of ether oxygens (including phenoxy) is 2. The van der Waals surface area contributed by atoms with E-state index in [4.69, 9.17) is 4.74 Å². The predicted molar refractivity (Wildman–Crippen MR) is 56.5 cm³/mol. The molecule has 0 saturated carbocycles. The van der Waals surface area contributed by atoms with Crippen molar-refractivity contribution in [1.29, 1.82) is 0 Å². The maximum atomic E-state index is 11.6. The average molecular weight is 216 g/mol. The van der Waals surface area contributed by atoms with Crippen LogP contribution in [0.2, 0.25) is 0 Å². The summed E-state index contributed by atoms with van der Waals surface area (Å²) in [6.45, 7) is 3.87. The molecule has 0 heterocycles. The van der Waals surface area contributed by atoms with Crippen molar-refractivity contribution >= 4 is 11.8 Å². The molecule has 0 aromatic carbocycles. The summed E-state index contributed by atoms with van der Waals surface area (Å²) in [5.41, 5.74) is 0. The third-order valence-electron chi connectivity index (χ3n) is 2.40. The summed E-state index contributed by atoms with van der Waals surface area (Å²) in [7, 11) is 2.74. The molecular weight excluding hydrogens is 196 g/mol. The molecule has 0 bridgehead atoms. The van der Waals surface area contributed by atoms with E-state index < -0.39 is 11.9 Å². The number of ketones is 1. The van der Waals surface area contributed by atoms with Crippen LogP contribution in [0, 0.1) is 11.8 Å². The maximum absolute atomic E-state index is 11.6. The van der Waals surface area contributed by atoms with E-state index in [9.17, 15) is 9.59 Å².